The van der Waals surface area contributed by atoms with Crippen molar-refractivity contribution < 1.29 is 44.7 Å². The van der Waals surface area contributed by atoms with Crippen LogP contribution >= 0.6 is 0 Å². The third-order valence-electron chi connectivity index (χ3n) is 3.98. The Bertz CT molecular complexity index is 1040. The molecule has 0 fully saturated rings. The van der Waals surface area contributed by atoms with Gasteiger partial charge in [-0.1, -0.05) is 12.2 Å². The number of benzene rings is 2. The van der Waals surface area contributed by atoms with E-state index in [2.05, 4.69) is 11.3 Å². The highest BCUT2D eigenvalue weighted by Gasteiger charge is 2.51. The van der Waals surface area contributed by atoms with E-state index in [0.717, 1.165) is 0 Å². The summed E-state index contributed by atoms with van der Waals surface area (Å²) in [5, 5.41) is 0. The van der Waals surface area contributed by atoms with Crippen LogP contribution in [0.3, 0.4) is 0 Å². The van der Waals surface area contributed by atoms with Gasteiger partial charge in [0.15, 0.2) is 29.0 Å². The number of hydrogen-bond donors (Lipinski definition) is 0. The lowest BCUT2D eigenvalue weighted by atomic mass is 10.0. The van der Waals surface area contributed by atoms with Gasteiger partial charge < -0.3 is 4.74 Å². The normalized spacial score (nSPS) is 15.2. The first-order valence-electron chi connectivity index (χ1n) is 7.75. The van der Waals surface area contributed by atoms with Crippen molar-refractivity contribution in [3.63, 3.8) is 0 Å². The van der Waals surface area contributed by atoms with Crippen LogP contribution in [0.4, 0.5) is 40.8 Å². The van der Waals surface area contributed by atoms with E-state index in [-0.39, 0.29) is 11.6 Å². The van der Waals surface area contributed by atoms with Crippen molar-refractivity contribution in [3.05, 3.63) is 59.2 Å². The van der Waals surface area contributed by atoms with Crippen molar-refractivity contribution in [1.29, 1.82) is 0 Å². The second-order valence-electron chi connectivity index (χ2n) is 6.21. The van der Waals surface area contributed by atoms with Crippen LogP contribution in [0.5, 0.6) is 5.75 Å². The predicted molar refractivity (Wildman–Crippen MR) is 84.4 cm³/mol. The maximum absolute atomic E-state index is 14.4. The fourth-order valence-electron chi connectivity index (χ4n) is 2.74. The first-order chi connectivity index (χ1) is 13.4. The minimum atomic E-state index is -4.37. The molecule has 0 bridgehead atoms. The highest BCUT2D eigenvalue weighted by Crippen LogP contribution is 2.44. The Morgan fingerprint density at radius 1 is 1.00 bits per heavy atom. The SMILES string of the molecule is C=C(C)CN1C(=O)C(F)(F)Oc2cc(F)c(-c3c(F)c(F)c(F)c(F)c3F)cc21. The van der Waals surface area contributed by atoms with Crippen LogP contribution in [-0.2, 0) is 4.79 Å². The van der Waals surface area contributed by atoms with Crippen molar-refractivity contribution in [2.75, 3.05) is 11.4 Å². The highest BCUT2D eigenvalue weighted by molar-refractivity contribution is 6.02. The number of alkyl halides is 2. The highest BCUT2D eigenvalue weighted by atomic mass is 19.3. The molecule has 2 aromatic rings. The van der Waals surface area contributed by atoms with Crippen LogP contribution in [0, 0.1) is 34.9 Å². The lowest BCUT2D eigenvalue weighted by Gasteiger charge is -2.34. The molecule has 0 saturated heterocycles. The molecule has 11 heteroatoms. The van der Waals surface area contributed by atoms with Gasteiger partial charge in [-0.3, -0.25) is 9.69 Å². The average molecular weight is 423 g/mol. The van der Waals surface area contributed by atoms with Gasteiger partial charge in [-0.25, -0.2) is 26.3 Å². The molecule has 1 aliphatic rings. The minimum Gasteiger partial charge on any atom is -0.423 e. The molecule has 0 aromatic heterocycles. The zero-order chi connectivity index (χ0) is 21.8. The Kier molecular flexibility index (Phi) is 4.80. The molecule has 0 atom stereocenters. The Morgan fingerprint density at radius 3 is 2.03 bits per heavy atom. The molecule has 1 aliphatic heterocycles. The first kappa shape index (κ1) is 20.6. The summed E-state index contributed by atoms with van der Waals surface area (Å²) in [6, 6.07) is 0.744. The van der Waals surface area contributed by atoms with Crippen molar-refractivity contribution in [2.24, 2.45) is 0 Å². The predicted octanol–water partition coefficient (Wildman–Crippen LogP) is 5.08. The summed E-state index contributed by atoms with van der Waals surface area (Å²) in [5.41, 5.74) is -3.14. The molecular weight excluding hydrogens is 414 g/mol. The number of halogens is 8. The Balaban J connectivity index is 2.31. The summed E-state index contributed by atoms with van der Waals surface area (Å²) in [4.78, 5) is 12.4. The quantitative estimate of drug-likeness (QED) is 0.298. The summed E-state index contributed by atoms with van der Waals surface area (Å²) >= 11 is 0. The van der Waals surface area contributed by atoms with Gasteiger partial charge in [0.1, 0.15) is 5.82 Å². The van der Waals surface area contributed by atoms with Gasteiger partial charge in [0, 0.05) is 18.2 Å². The zero-order valence-corrected chi connectivity index (χ0v) is 14.4. The molecule has 2 aromatic carbocycles. The molecule has 154 valence electrons. The number of ether oxygens (including phenoxy) is 1. The topological polar surface area (TPSA) is 29.5 Å². The van der Waals surface area contributed by atoms with Crippen LogP contribution in [0.1, 0.15) is 6.92 Å². The molecule has 1 amide bonds. The van der Waals surface area contributed by atoms with E-state index in [4.69, 9.17) is 0 Å². The Hall–Kier alpha value is -3.11. The van der Waals surface area contributed by atoms with Crippen LogP contribution < -0.4 is 9.64 Å². The Labute approximate surface area is 157 Å². The second kappa shape index (κ2) is 6.75. The van der Waals surface area contributed by atoms with Gasteiger partial charge in [-0.2, -0.15) is 8.78 Å². The lowest BCUT2D eigenvalue weighted by molar-refractivity contribution is -0.192. The van der Waals surface area contributed by atoms with Crippen LogP contribution in [0.15, 0.2) is 24.3 Å². The largest absolute Gasteiger partial charge is 0.482 e. The number of anilines is 1. The fraction of sp³-hybridized carbons (Fsp3) is 0.167. The van der Waals surface area contributed by atoms with Crippen molar-refractivity contribution in [2.45, 2.75) is 13.0 Å². The van der Waals surface area contributed by atoms with E-state index in [0.29, 0.717) is 11.0 Å². The molecule has 29 heavy (non-hydrogen) atoms. The van der Waals surface area contributed by atoms with Crippen LogP contribution in [0.2, 0.25) is 0 Å². The van der Waals surface area contributed by atoms with E-state index in [1.807, 2.05) is 0 Å². The number of nitrogens with zero attached hydrogens (tertiary/aromatic N) is 1. The maximum Gasteiger partial charge on any atom is 0.482 e. The van der Waals surface area contributed by atoms with Crippen LogP contribution in [0.25, 0.3) is 11.1 Å². The number of amides is 1. The summed E-state index contributed by atoms with van der Waals surface area (Å²) in [6.45, 7) is 4.31. The molecule has 1 heterocycles. The van der Waals surface area contributed by atoms with Gasteiger partial charge in [0.05, 0.1) is 11.3 Å². The maximum atomic E-state index is 14.4. The first-order valence-corrected chi connectivity index (χ1v) is 7.75. The molecule has 0 N–H and O–H groups in total. The molecule has 0 radical (unpaired) electrons. The van der Waals surface area contributed by atoms with E-state index < -0.39 is 76.0 Å². The number of hydrogen-bond acceptors (Lipinski definition) is 2. The third kappa shape index (κ3) is 3.19. The van der Waals surface area contributed by atoms with Gasteiger partial charge in [-0.15, -0.1) is 0 Å². The van der Waals surface area contributed by atoms with Gasteiger partial charge in [0.25, 0.3) is 0 Å². The average Bonchev–Trinajstić information content (AvgIpc) is 2.63. The van der Waals surface area contributed by atoms with E-state index >= 15 is 0 Å². The van der Waals surface area contributed by atoms with Crippen molar-refractivity contribution in [1.82, 2.24) is 0 Å². The number of carbonyl (C=O) groups excluding carboxylic acids is 1. The summed E-state index contributed by atoms with van der Waals surface area (Å²) in [5.74, 6) is -16.1. The number of fused-ring (bicyclic) bond motifs is 1. The summed E-state index contributed by atoms with van der Waals surface area (Å²) in [6.07, 6.45) is -4.37. The second-order valence-corrected chi connectivity index (χ2v) is 6.21. The van der Waals surface area contributed by atoms with Gasteiger partial charge in [-0.05, 0) is 13.0 Å². The molecule has 3 rings (SSSR count). The molecule has 0 saturated carbocycles. The number of carbonyl (C=O) groups is 1. The molecular formula is C18H9F8NO2. The molecule has 0 unspecified atom stereocenters. The number of rotatable bonds is 3. The van der Waals surface area contributed by atoms with E-state index in [9.17, 15) is 39.9 Å². The smallest absolute Gasteiger partial charge is 0.423 e. The standard InChI is InChI=1S/C18H9F8NO2/c1-6(2)5-27-9-3-7(8(19)4-10(9)29-18(25,26)17(27)28)11-12(20)14(22)16(24)15(23)13(11)21/h3-4H,1,5H2,2H3. The fourth-order valence-corrected chi connectivity index (χ4v) is 2.74. The molecule has 0 spiro atoms. The molecule has 3 nitrogen and oxygen atoms in total. The lowest BCUT2D eigenvalue weighted by Crippen LogP contribution is -2.51. The third-order valence-corrected chi connectivity index (χ3v) is 3.98. The van der Waals surface area contributed by atoms with Crippen LogP contribution in [-0.4, -0.2) is 18.6 Å². The van der Waals surface area contributed by atoms with E-state index in [1.54, 1.807) is 0 Å². The summed E-state index contributed by atoms with van der Waals surface area (Å²) in [7, 11) is 0. The molecule has 0 aliphatic carbocycles. The van der Waals surface area contributed by atoms with Crippen molar-refractivity contribution >= 4 is 11.6 Å². The van der Waals surface area contributed by atoms with Gasteiger partial charge in [0.2, 0.25) is 5.82 Å². The van der Waals surface area contributed by atoms with E-state index in [1.165, 1.54) is 6.92 Å². The summed E-state index contributed by atoms with van der Waals surface area (Å²) < 4.78 is 114. The monoisotopic (exact) mass is 423 g/mol. The Morgan fingerprint density at radius 2 is 1.52 bits per heavy atom. The minimum absolute atomic E-state index is 0.198. The van der Waals surface area contributed by atoms with Gasteiger partial charge >= 0.3 is 12.0 Å². The zero-order valence-electron chi connectivity index (χ0n) is 14.4. The van der Waals surface area contributed by atoms with Crippen molar-refractivity contribution in [3.8, 4) is 16.9 Å².